The molecule has 0 atom stereocenters. The highest BCUT2D eigenvalue weighted by molar-refractivity contribution is 6.35. The summed E-state index contributed by atoms with van der Waals surface area (Å²) in [5.41, 5.74) is 0.731. The first-order chi connectivity index (χ1) is 8.99. The fourth-order valence-corrected chi connectivity index (χ4v) is 1.98. The Hall–Kier alpha value is -2.14. The van der Waals surface area contributed by atoms with Gasteiger partial charge in [-0.3, -0.25) is 9.59 Å². The summed E-state index contributed by atoms with van der Waals surface area (Å²) in [6, 6.07) is 8.62. The van der Waals surface area contributed by atoms with Crippen molar-refractivity contribution in [1.82, 2.24) is 9.88 Å². The number of likely N-dealkylation sites (N-methyl/N-ethyl adjacent to an activating group) is 1. The van der Waals surface area contributed by atoms with Crippen LogP contribution in [0.3, 0.4) is 0 Å². The molecule has 98 valence electrons. The zero-order valence-electron chi connectivity index (χ0n) is 10.1. The Bertz CT molecular complexity index is 657. The topological polar surface area (TPSA) is 70.5 Å². The minimum Gasteiger partial charge on any atom is -0.480 e. The summed E-state index contributed by atoms with van der Waals surface area (Å²) in [4.78, 5) is 27.9. The molecule has 0 aliphatic heterocycles. The molecule has 0 saturated heterocycles. The van der Waals surface area contributed by atoms with Crippen LogP contribution in [0.2, 0.25) is 5.02 Å². The number of pyridine rings is 1. The monoisotopic (exact) mass is 278 g/mol. The molecule has 6 heteroatoms. The van der Waals surface area contributed by atoms with Crippen LogP contribution in [0.15, 0.2) is 30.3 Å². The SMILES string of the molecule is CN(CC(=O)O)C(=O)c1cc(Cl)c2ccccc2n1. The van der Waals surface area contributed by atoms with E-state index in [0.29, 0.717) is 10.5 Å². The van der Waals surface area contributed by atoms with E-state index in [1.165, 1.54) is 13.1 Å². The molecular weight excluding hydrogens is 268 g/mol. The summed E-state index contributed by atoms with van der Waals surface area (Å²) < 4.78 is 0. The second-order valence-electron chi connectivity index (χ2n) is 4.06. The molecule has 1 aromatic heterocycles. The van der Waals surface area contributed by atoms with Crippen LogP contribution in [0.4, 0.5) is 0 Å². The molecule has 0 saturated carbocycles. The Labute approximate surface area is 114 Å². The lowest BCUT2D eigenvalue weighted by Gasteiger charge is -2.14. The molecule has 2 rings (SSSR count). The third-order valence-electron chi connectivity index (χ3n) is 2.60. The highest BCUT2D eigenvalue weighted by Crippen LogP contribution is 2.23. The van der Waals surface area contributed by atoms with Crippen LogP contribution < -0.4 is 0 Å². The number of carbonyl (C=O) groups excluding carboxylic acids is 1. The van der Waals surface area contributed by atoms with Gasteiger partial charge >= 0.3 is 5.97 Å². The lowest BCUT2D eigenvalue weighted by Crippen LogP contribution is -2.32. The van der Waals surface area contributed by atoms with Crippen molar-refractivity contribution in [2.75, 3.05) is 13.6 Å². The van der Waals surface area contributed by atoms with Gasteiger partial charge in [0.05, 0.1) is 10.5 Å². The number of halogens is 1. The van der Waals surface area contributed by atoms with Gasteiger partial charge in [-0.05, 0) is 12.1 Å². The summed E-state index contributed by atoms with van der Waals surface area (Å²) >= 11 is 6.09. The van der Waals surface area contributed by atoms with E-state index >= 15 is 0 Å². The molecule has 0 unspecified atom stereocenters. The van der Waals surface area contributed by atoms with Crippen molar-refractivity contribution in [2.24, 2.45) is 0 Å². The maximum absolute atomic E-state index is 12.0. The summed E-state index contributed by atoms with van der Waals surface area (Å²) in [6.07, 6.45) is 0. The van der Waals surface area contributed by atoms with Crippen LogP contribution in [-0.2, 0) is 4.79 Å². The second kappa shape index (κ2) is 5.24. The number of aromatic nitrogens is 1. The Morgan fingerprint density at radius 3 is 2.74 bits per heavy atom. The van der Waals surface area contributed by atoms with Crippen LogP contribution in [-0.4, -0.2) is 40.5 Å². The first-order valence-corrected chi connectivity index (χ1v) is 5.89. The first-order valence-electron chi connectivity index (χ1n) is 5.51. The van der Waals surface area contributed by atoms with Gasteiger partial charge < -0.3 is 10.0 Å². The molecule has 0 spiro atoms. The maximum atomic E-state index is 12.0. The lowest BCUT2D eigenvalue weighted by atomic mass is 10.2. The number of nitrogens with zero attached hydrogens (tertiary/aromatic N) is 2. The summed E-state index contributed by atoms with van der Waals surface area (Å²) in [6.45, 7) is -0.384. The summed E-state index contributed by atoms with van der Waals surface area (Å²) in [7, 11) is 1.40. The van der Waals surface area contributed by atoms with Crippen molar-refractivity contribution in [3.8, 4) is 0 Å². The van der Waals surface area contributed by atoms with Crippen molar-refractivity contribution < 1.29 is 14.7 Å². The van der Waals surface area contributed by atoms with Crippen LogP contribution >= 0.6 is 11.6 Å². The van der Waals surface area contributed by atoms with Gasteiger partial charge in [-0.25, -0.2) is 4.98 Å². The number of amides is 1. The number of fused-ring (bicyclic) bond motifs is 1. The number of aliphatic carboxylic acids is 1. The molecule has 0 radical (unpaired) electrons. The van der Waals surface area contributed by atoms with E-state index in [9.17, 15) is 9.59 Å². The smallest absolute Gasteiger partial charge is 0.323 e. The molecule has 19 heavy (non-hydrogen) atoms. The number of carboxylic acid groups (broad SMARTS) is 1. The quantitative estimate of drug-likeness (QED) is 0.933. The van der Waals surface area contributed by atoms with Crippen molar-refractivity contribution in [2.45, 2.75) is 0 Å². The van der Waals surface area contributed by atoms with Crippen molar-refractivity contribution in [3.05, 3.63) is 41.0 Å². The molecule has 5 nitrogen and oxygen atoms in total. The summed E-state index contributed by atoms with van der Waals surface area (Å²) in [5, 5.41) is 9.83. The molecular formula is C13H11ClN2O3. The zero-order valence-corrected chi connectivity index (χ0v) is 10.9. The molecule has 0 fully saturated rings. The van der Waals surface area contributed by atoms with Crippen LogP contribution in [0.25, 0.3) is 10.9 Å². The molecule has 2 aromatic rings. The molecule has 0 aliphatic rings. The van der Waals surface area contributed by atoms with E-state index in [1.54, 1.807) is 18.2 Å². The average molecular weight is 279 g/mol. The number of carbonyl (C=O) groups is 2. The Balaban J connectivity index is 2.40. The molecule has 1 heterocycles. The lowest BCUT2D eigenvalue weighted by molar-refractivity contribution is -0.137. The Kier molecular flexibility index (Phi) is 3.66. The number of benzene rings is 1. The summed E-state index contributed by atoms with van der Waals surface area (Å²) in [5.74, 6) is -1.56. The zero-order chi connectivity index (χ0) is 14.0. The number of carboxylic acids is 1. The van der Waals surface area contributed by atoms with Crippen molar-refractivity contribution in [1.29, 1.82) is 0 Å². The molecule has 0 aliphatic carbocycles. The van der Waals surface area contributed by atoms with Crippen molar-refractivity contribution in [3.63, 3.8) is 0 Å². The largest absolute Gasteiger partial charge is 0.480 e. The highest BCUT2D eigenvalue weighted by atomic mass is 35.5. The van der Waals surface area contributed by atoms with Gasteiger partial charge in [0.2, 0.25) is 0 Å². The molecule has 1 N–H and O–H groups in total. The van der Waals surface area contributed by atoms with E-state index in [0.717, 1.165) is 10.3 Å². The van der Waals surface area contributed by atoms with E-state index in [1.807, 2.05) is 6.07 Å². The average Bonchev–Trinajstić information content (AvgIpc) is 2.37. The third kappa shape index (κ3) is 2.82. The second-order valence-corrected chi connectivity index (χ2v) is 4.47. The van der Waals surface area contributed by atoms with E-state index < -0.39 is 11.9 Å². The fourth-order valence-electron chi connectivity index (χ4n) is 1.71. The van der Waals surface area contributed by atoms with Gasteiger partial charge in [-0.15, -0.1) is 0 Å². The number of para-hydroxylation sites is 1. The predicted octanol–water partition coefficient (Wildman–Crippen LogP) is 2.04. The van der Waals surface area contributed by atoms with Crippen LogP contribution in [0.5, 0.6) is 0 Å². The molecule has 0 bridgehead atoms. The normalized spacial score (nSPS) is 10.4. The van der Waals surface area contributed by atoms with Gasteiger partial charge in [-0.2, -0.15) is 0 Å². The van der Waals surface area contributed by atoms with Gasteiger partial charge in [0, 0.05) is 12.4 Å². The fraction of sp³-hybridized carbons (Fsp3) is 0.154. The number of rotatable bonds is 3. The minimum atomic E-state index is -1.08. The van der Waals surface area contributed by atoms with Gasteiger partial charge in [0.25, 0.3) is 5.91 Å². The third-order valence-corrected chi connectivity index (χ3v) is 2.92. The van der Waals surface area contributed by atoms with Crippen molar-refractivity contribution >= 4 is 34.4 Å². The first kappa shape index (κ1) is 13.3. The Morgan fingerprint density at radius 2 is 2.05 bits per heavy atom. The van der Waals surface area contributed by atoms with E-state index in [2.05, 4.69) is 4.98 Å². The molecule has 1 amide bonds. The van der Waals surface area contributed by atoms with Gasteiger partial charge in [-0.1, -0.05) is 29.8 Å². The van der Waals surface area contributed by atoms with Gasteiger partial charge in [0.15, 0.2) is 0 Å². The maximum Gasteiger partial charge on any atom is 0.323 e. The number of hydrogen-bond acceptors (Lipinski definition) is 3. The minimum absolute atomic E-state index is 0.132. The van der Waals surface area contributed by atoms with Crippen LogP contribution in [0, 0.1) is 0 Å². The Morgan fingerprint density at radius 1 is 1.37 bits per heavy atom. The highest BCUT2D eigenvalue weighted by Gasteiger charge is 2.17. The standard InChI is InChI=1S/C13H11ClN2O3/c1-16(7-12(17)18)13(19)11-6-9(14)8-4-2-3-5-10(8)15-11/h2-6H,7H2,1H3,(H,17,18). The number of hydrogen-bond donors (Lipinski definition) is 1. The predicted molar refractivity (Wildman–Crippen MR) is 71.3 cm³/mol. The van der Waals surface area contributed by atoms with E-state index in [4.69, 9.17) is 16.7 Å². The van der Waals surface area contributed by atoms with Gasteiger partial charge in [0.1, 0.15) is 12.2 Å². The van der Waals surface area contributed by atoms with Crippen LogP contribution in [0.1, 0.15) is 10.5 Å². The molecule has 1 aromatic carbocycles. The van der Waals surface area contributed by atoms with E-state index in [-0.39, 0.29) is 12.2 Å².